The number of amides is 1. The van der Waals surface area contributed by atoms with Gasteiger partial charge in [0, 0.05) is 34.6 Å². The number of pyridine rings is 2. The summed E-state index contributed by atoms with van der Waals surface area (Å²) in [6, 6.07) is 5.71. The number of aromatic nitrogens is 4. The normalized spacial score (nSPS) is 16.5. The zero-order valence-electron chi connectivity index (χ0n) is 17.3. The highest BCUT2D eigenvalue weighted by atomic mass is 32.1. The molecule has 0 radical (unpaired) electrons. The molecule has 7 nitrogen and oxygen atoms in total. The van der Waals surface area contributed by atoms with Gasteiger partial charge in [-0.3, -0.25) is 14.7 Å². The topological polar surface area (TPSA) is 83.9 Å². The molecule has 0 spiro atoms. The van der Waals surface area contributed by atoms with Crippen LogP contribution in [0.15, 0.2) is 36.0 Å². The Morgan fingerprint density at radius 1 is 1.19 bits per heavy atom. The fourth-order valence-corrected chi connectivity index (χ4v) is 5.58. The number of aryl methyl sites for hydroxylation is 2. The smallest absolute Gasteiger partial charge is 0.278 e. The van der Waals surface area contributed by atoms with Gasteiger partial charge in [-0.15, -0.1) is 21.5 Å². The van der Waals surface area contributed by atoms with E-state index in [0.29, 0.717) is 5.69 Å². The van der Waals surface area contributed by atoms with Crippen molar-refractivity contribution in [2.75, 3.05) is 18.0 Å². The number of carbonyl (C=O) groups excluding carboxylic acids is 1. The number of carbonyl (C=O) groups is 1. The van der Waals surface area contributed by atoms with Crippen LogP contribution >= 0.6 is 22.7 Å². The predicted molar refractivity (Wildman–Crippen MR) is 125 cm³/mol. The third-order valence-electron chi connectivity index (χ3n) is 5.49. The van der Waals surface area contributed by atoms with Gasteiger partial charge in [0.25, 0.3) is 5.91 Å². The molecular formula is C22H22N6OS2. The Kier molecular flexibility index (Phi) is 5.47. The lowest BCUT2D eigenvalue weighted by Crippen LogP contribution is -2.49. The Labute approximate surface area is 188 Å². The Morgan fingerprint density at radius 2 is 2.10 bits per heavy atom. The molecule has 4 aromatic heterocycles. The van der Waals surface area contributed by atoms with Crippen LogP contribution in [-0.2, 0) is 0 Å². The lowest BCUT2D eigenvalue weighted by atomic mass is 10.0. The lowest BCUT2D eigenvalue weighted by molar-refractivity contribution is 0.0967. The van der Waals surface area contributed by atoms with Crippen LogP contribution < -0.4 is 10.2 Å². The number of nitrogens with one attached hydrogen (secondary N) is 1. The average molecular weight is 451 g/mol. The van der Waals surface area contributed by atoms with Crippen LogP contribution in [0.5, 0.6) is 0 Å². The molecule has 5 heterocycles. The van der Waals surface area contributed by atoms with Crippen molar-refractivity contribution in [1.29, 1.82) is 0 Å². The Morgan fingerprint density at radius 3 is 2.81 bits per heavy atom. The van der Waals surface area contributed by atoms with Crippen molar-refractivity contribution >= 4 is 44.5 Å². The average Bonchev–Trinajstić information content (AvgIpc) is 3.41. The van der Waals surface area contributed by atoms with Crippen LogP contribution in [-0.4, -0.2) is 45.2 Å². The molecule has 0 bridgehead atoms. The van der Waals surface area contributed by atoms with Crippen LogP contribution in [0, 0.1) is 13.8 Å². The molecule has 0 aliphatic carbocycles. The first-order valence-corrected chi connectivity index (χ1v) is 11.9. The maximum absolute atomic E-state index is 13.7. The molecule has 0 unspecified atom stereocenters. The standard InChI is InChI=1S/C22H22N6OS2/c1-13-12-30-18-7-9-24-20(19(13)18)28(16-4-3-8-23-11-16)22(29)17-6-5-15(10-25-17)21-27-26-14(2)31-21/h5-7,9-10,12,16,23H,3-4,8,11H2,1-2H3/t16-/m1/s1. The van der Waals surface area contributed by atoms with Crippen LogP contribution in [0.25, 0.3) is 20.7 Å². The van der Waals surface area contributed by atoms with Crippen LogP contribution in [0.3, 0.4) is 0 Å². The molecule has 158 valence electrons. The van der Waals surface area contributed by atoms with Gasteiger partial charge in [-0.05, 0) is 62.4 Å². The SMILES string of the molecule is Cc1nnc(-c2ccc(C(=O)N(c3nccc4scc(C)c34)[C@@H]3CCCNC3)nc2)s1. The Balaban J connectivity index is 1.55. The molecule has 1 saturated heterocycles. The molecule has 1 fully saturated rings. The van der Waals surface area contributed by atoms with Crippen molar-refractivity contribution in [3.63, 3.8) is 0 Å². The quantitative estimate of drug-likeness (QED) is 0.501. The van der Waals surface area contributed by atoms with Crippen molar-refractivity contribution in [2.24, 2.45) is 0 Å². The zero-order valence-corrected chi connectivity index (χ0v) is 19.0. The van der Waals surface area contributed by atoms with Crippen LogP contribution in [0.2, 0.25) is 0 Å². The number of piperidine rings is 1. The number of hydrogen-bond donors (Lipinski definition) is 1. The fraction of sp³-hybridized carbons (Fsp3) is 0.318. The number of nitrogens with zero attached hydrogens (tertiary/aromatic N) is 5. The summed E-state index contributed by atoms with van der Waals surface area (Å²) in [5.41, 5.74) is 2.41. The molecule has 1 aliphatic heterocycles. The summed E-state index contributed by atoms with van der Waals surface area (Å²) in [6.07, 6.45) is 5.45. The van der Waals surface area contributed by atoms with Gasteiger partial charge in [-0.1, -0.05) is 11.3 Å². The molecule has 1 aliphatic rings. The van der Waals surface area contributed by atoms with E-state index in [4.69, 9.17) is 0 Å². The molecule has 0 saturated carbocycles. The van der Waals surface area contributed by atoms with E-state index >= 15 is 0 Å². The van der Waals surface area contributed by atoms with Gasteiger partial charge in [0.15, 0.2) is 0 Å². The van der Waals surface area contributed by atoms with Gasteiger partial charge in [0.05, 0.1) is 6.04 Å². The summed E-state index contributed by atoms with van der Waals surface area (Å²) in [5, 5.41) is 16.5. The molecule has 31 heavy (non-hydrogen) atoms. The first kappa shape index (κ1) is 20.2. The third-order valence-corrected chi connectivity index (χ3v) is 7.44. The van der Waals surface area contributed by atoms with Crippen molar-refractivity contribution in [3.8, 4) is 10.6 Å². The van der Waals surface area contributed by atoms with Gasteiger partial charge in [0.1, 0.15) is 21.5 Å². The minimum atomic E-state index is -0.126. The van der Waals surface area contributed by atoms with Crippen molar-refractivity contribution in [1.82, 2.24) is 25.5 Å². The van der Waals surface area contributed by atoms with E-state index < -0.39 is 0 Å². The van der Waals surface area contributed by atoms with E-state index in [9.17, 15) is 4.79 Å². The van der Waals surface area contributed by atoms with E-state index in [1.54, 1.807) is 29.8 Å². The van der Waals surface area contributed by atoms with Gasteiger partial charge in [0.2, 0.25) is 0 Å². The van der Waals surface area contributed by atoms with Crippen molar-refractivity contribution in [3.05, 3.63) is 52.2 Å². The summed E-state index contributed by atoms with van der Waals surface area (Å²) in [7, 11) is 0. The summed E-state index contributed by atoms with van der Waals surface area (Å²) >= 11 is 3.19. The number of thiophene rings is 1. The van der Waals surface area contributed by atoms with E-state index in [1.165, 1.54) is 11.3 Å². The van der Waals surface area contributed by atoms with Crippen molar-refractivity contribution < 1.29 is 4.79 Å². The molecule has 9 heteroatoms. The van der Waals surface area contributed by atoms with Gasteiger partial charge in [-0.2, -0.15) is 0 Å². The highest BCUT2D eigenvalue weighted by molar-refractivity contribution is 7.17. The van der Waals surface area contributed by atoms with Crippen LogP contribution in [0.4, 0.5) is 5.82 Å². The molecule has 0 aromatic carbocycles. The minimum absolute atomic E-state index is 0.0333. The molecule has 4 aromatic rings. The number of hydrogen-bond acceptors (Lipinski definition) is 8. The minimum Gasteiger partial charge on any atom is -0.315 e. The monoisotopic (exact) mass is 450 g/mol. The third kappa shape index (κ3) is 3.84. The predicted octanol–water partition coefficient (Wildman–Crippen LogP) is 4.23. The maximum atomic E-state index is 13.7. The number of rotatable bonds is 4. The first-order valence-electron chi connectivity index (χ1n) is 10.3. The highest BCUT2D eigenvalue weighted by Crippen LogP contribution is 2.34. The van der Waals surface area contributed by atoms with E-state index in [0.717, 1.165) is 63.0 Å². The number of fused-ring (bicyclic) bond motifs is 1. The Hall–Kier alpha value is -2.75. The first-order chi connectivity index (χ1) is 15.1. The van der Waals surface area contributed by atoms with Gasteiger partial charge >= 0.3 is 0 Å². The van der Waals surface area contributed by atoms with Gasteiger partial charge in [-0.25, -0.2) is 4.98 Å². The molecular weight excluding hydrogens is 428 g/mol. The summed E-state index contributed by atoms with van der Waals surface area (Å²) < 4.78 is 1.14. The summed E-state index contributed by atoms with van der Waals surface area (Å²) in [6.45, 7) is 5.71. The van der Waals surface area contributed by atoms with Gasteiger partial charge < -0.3 is 5.32 Å². The summed E-state index contributed by atoms with van der Waals surface area (Å²) in [5.74, 6) is 0.597. The second kappa shape index (κ2) is 8.41. The fourth-order valence-electron chi connectivity index (χ4n) is 3.97. The molecule has 1 N–H and O–H groups in total. The lowest BCUT2D eigenvalue weighted by Gasteiger charge is -2.34. The molecule has 5 rings (SSSR count). The van der Waals surface area contributed by atoms with E-state index in [1.807, 2.05) is 24.0 Å². The van der Waals surface area contributed by atoms with E-state index in [-0.39, 0.29) is 11.9 Å². The largest absolute Gasteiger partial charge is 0.315 e. The maximum Gasteiger partial charge on any atom is 0.278 e. The highest BCUT2D eigenvalue weighted by Gasteiger charge is 2.31. The van der Waals surface area contributed by atoms with Crippen molar-refractivity contribution in [2.45, 2.75) is 32.7 Å². The number of anilines is 1. The van der Waals surface area contributed by atoms with E-state index in [2.05, 4.69) is 37.8 Å². The summed E-state index contributed by atoms with van der Waals surface area (Å²) in [4.78, 5) is 24.8. The second-order valence-corrected chi connectivity index (χ2v) is 9.75. The Bertz CT molecular complexity index is 1230. The second-order valence-electron chi connectivity index (χ2n) is 7.66. The zero-order chi connectivity index (χ0) is 21.4. The molecule has 1 atom stereocenters. The molecule has 1 amide bonds. The van der Waals surface area contributed by atoms with Crippen LogP contribution in [0.1, 0.15) is 33.9 Å².